The van der Waals surface area contributed by atoms with Gasteiger partial charge >= 0.3 is 6.18 Å². The Morgan fingerprint density at radius 3 is 2.68 bits per heavy atom. The summed E-state index contributed by atoms with van der Waals surface area (Å²) in [6, 6.07) is 4.27. The topological polar surface area (TPSA) is 41.6 Å². The monoisotopic (exact) mass is 356 g/mol. The summed E-state index contributed by atoms with van der Waals surface area (Å²) >= 11 is 0. The van der Waals surface area contributed by atoms with Crippen LogP contribution in [-0.2, 0) is 28.7 Å². The highest BCUT2D eigenvalue weighted by molar-refractivity contribution is 5.83. The third kappa shape index (κ3) is 3.53. The minimum atomic E-state index is -4.41. The van der Waals surface area contributed by atoms with E-state index in [1.807, 2.05) is 0 Å². The van der Waals surface area contributed by atoms with Crippen LogP contribution in [0.1, 0.15) is 29.5 Å². The number of fused-ring (bicyclic) bond motifs is 1. The van der Waals surface area contributed by atoms with Crippen molar-refractivity contribution >= 4 is 5.91 Å². The van der Waals surface area contributed by atoms with E-state index < -0.39 is 17.2 Å². The number of methoxy groups -OCH3 is 1. The number of piperidine rings is 1. The summed E-state index contributed by atoms with van der Waals surface area (Å²) in [7, 11) is 1.56. The summed E-state index contributed by atoms with van der Waals surface area (Å²) in [5.74, 6) is -0.0847. The normalized spacial score (nSPS) is 20.2. The molecule has 1 aromatic carbocycles. The van der Waals surface area contributed by atoms with Gasteiger partial charge in [0, 0.05) is 20.2 Å². The molecule has 1 fully saturated rings. The molecule has 0 aliphatic carbocycles. The molecule has 1 N–H and O–H groups in total. The summed E-state index contributed by atoms with van der Waals surface area (Å²) < 4.78 is 45.3. The second-order valence-corrected chi connectivity index (χ2v) is 6.88. The summed E-state index contributed by atoms with van der Waals surface area (Å²) in [6.45, 7) is 2.20. The SMILES string of the molecule is COCC1(C(=O)N2CCc3cccc(C(F)(F)F)c3C2)CCNCC1. The third-order valence-corrected chi connectivity index (χ3v) is 5.30. The number of rotatable bonds is 3. The lowest BCUT2D eigenvalue weighted by atomic mass is 9.77. The number of halogens is 3. The number of nitrogens with one attached hydrogen (secondary N) is 1. The molecule has 2 aliphatic heterocycles. The van der Waals surface area contributed by atoms with E-state index in [0.29, 0.717) is 51.1 Å². The number of hydrogen-bond donors (Lipinski definition) is 1. The van der Waals surface area contributed by atoms with Crippen molar-refractivity contribution in [3.8, 4) is 0 Å². The molecule has 25 heavy (non-hydrogen) atoms. The van der Waals surface area contributed by atoms with Crippen LogP contribution in [-0.4, -0.2) is 44.2 Å². The molecule has 0 spiro atoms. The van der Waals surface area contributed by atoms with Crippen LogP contribution in [0.2, 0.25) is 0 Å². The van der Waals surface area contributed by atoms with Crippen LogP contribution in [0, 0.1) is 5.41 Å². The van der Waals surface area contributed by atoms with Crippen LogP contribution in [0.4, 0.5) is 13.2 Å². The molecule has 1 amide bonds. The molecule has 1 saturated heterocycles. The Balaban J connectivity index is 1.88. The van der Waals surface area contributed by atoms with E-state index in [-0.39, 0.29) is 18.0 Å². The first-order chi connectivity index (χ1) is 11.9. The van der Waals surface area contributed by atoms with Crippen molar-refractivity contribution < 1.29 is 22.7 Å². The second-order valence-electron chi connectivity index (χ2n) is 6.88. The molecule has 2 aliphatic rings. The summed E-state index contributed by atoms with van der Waals surface area (Å²) in [4.78, 5) is 14.8. The van der Waals surface area contributed by atoms with Crippen molar-refractivity contribution in [2.45, 2.75) is 32.0 Å². The lowest BCUT2D eigenvalue weighted by Gasteiger charge is -2.41. The third-order valence-electron chi connectivity index (χ3n) is 5.30. The van der Waals surface area contributed by atoms with Gasteiger partial charge in [0.25, 0.3) is 0 Å². The van der Waals surface area contributed by atoms with Crippen molar-refractivity contribution in [2.75, 3.05) is 33.4 Å². The van der Waals surface area contributed by atoms with E-state index in [1.54, 1.807) is 18.1 Å². The highest BCUT2D eigenvalue weighted by atomic mass is 19.4. The molecule has 4 nitrogen and oxygen atoms in total. The zero-order chi connectivity index (χ0) is 18.1. The maximum Gasteiger partial charge on any atom is 0.416 e. The Kier molecular flexibility index (Phi) is 5.06. The highest BCUT2D eigenvalue weighted by Crippen LogP contribution is 2.38. The van der Waals surface area contributed by atoms with Gasteiger partial charge in [0.15, 0.2) is 0 Å². The molecular formula is C18H23F3N2O2. The molecule has 138 valence electrons. The average molecular weight is 356 g/mol. The molecule has 0 bridgehead atoms. The summed E-state index contributed by atoms with van der Waals surface area (Å²) in [6.07, 6.45) is -2.67. The van der Waals surface area contributed by atoms with Gasteiger partial charge < -0.3 is 15.0 Å². The Morgan fingerprint density at radius 1 is 1.32 bits per heavy atom. The molecule has 0 aromatic heterocycles. The second kappa shape index (κ2) is 6.96. The lowest BCUT2D eigenvalue weighted by Crippen LogP contribution is -2.52. The number of amides is 1. The molecule has 0 unspecified atom stereocenters. The Bertz CT molecular complexity index is 634. The summed E-state index contributed by atoms with van der Waals surface area (Å²) in [5, 5.41) is 3.23. The number of nitrogens with zero attached hydrogens (tertiary/aromatic N) is 1. The van der Waals surface area contributed by atoms with Gasteiger partial charge in [0.05, 0.1) is 17.6 Å². The predicted octanol–water partition coefficient (Wildman–Crippen LogP) is 2.61. The largest absolute Gasteiger partial charge is 0.416 e. The number of hydrogen-bond acceptors (Lipinski definition) is 3. The van der Waals surface area contributed by atoms with Gasteiger partial charge in [0.1, 0.15) is 0 Å². The first-order valence-electron chi connectivity index (χ1n) is 8.54. The maximum absolute atomic E-state index is 13.3. The minimum Gasteiger partial charge on any atom is -0.384 e. The van der Waals surface area contributed by atoms with Crippen LogP contribution in [0.15, 0.2) is 18.2 Å². The molecule has 2 heterocycles. The van der Waals surface area contributed by atoms with Gasteiger partial charge in [-0.3, -0.25) is 4.79 Å². The average Bonchev–Trinajstić information content (AvgIpc) is 2.60. The fraction of sp³-hybridized carbons (Fsp3) is 0.611. The Labute approximate surface area is 145 Å². The zero-order valence-electron chi connectivity index (χ0n) is 14.3. The Hall–Kier alpha value is -1.60. The molecule has 3 rings (SSSR count). The number of alkyl halides is 3. The van der Waals surface area contributed by atoms with Crippen molar-refractivity contribution in [3.05, 3.63) is 34.9 Å². The number of ether oxygens (including phenoxy) is 1. The standard InChI is InChI=1S/C18H23F3N2O2/c1-25-12-17(6-8-22-9-7-17)16(24)23-10-5-13-3-2-4-15(14(13)11-23)18(19,20)21/h2-4,22H,5-12H2,1H3. The fourth-order valence-electron chi connectivity index (χ4n) is 3.96. The van der Waals surface area contributed by atoms with Gasteiger partial charge in [-0.2, -0.15) is 13.2 Å². The van der Waals surface area contributed by atoms with Crippen molar-refractivity contribution in [3.63, 3.8) is 0 Å². The van der Waals surface area contributed by atoms with Crippen molar-refractivity contribution in [1.82, 2.24) is 10.2 Å². The number of benzene rings is 1. The van der Waals surface area contributed by atoms with Crippen LogP contribution >= 0.6 is 0 Å². The smallest absolute Gasteiger partial charge is 0.384 e. The van der Waals surface area contributed by atoms with E-state index in [2.05, 4.69) is 5.32 Å². The van der Waals surface area contributed by atoms with E-state index in [9.17, 15) is 18.0 Å². The van der Waals surface area contributed by atoms with Crippen LogP contribution < -0.4 is 5.32 Å². The van der Waals surface area contributed by atoms with Gasteiger partial charge in [0.2, 0.25) is 5.91 Å². The first-order valence-corrected chi connectivity index (χ1v) is 8.54. The van der Waals surface area contributed by atoms with E-state index in [1.165, 1.54) is 6.07 Å². The fourth-order valence-corrected chi connectivity index (χ4v) is 3.96. The van der Waals surface area contributed by atoms with Gasteiger partial charge in [-0.1, -0.05) is 12.1 Å². The highest BCUT2D eigenvalue weighted by Gasteiger charge is 2.44. The van der Waals surface area contributed by atoms with E-state index in [0.717, 1.165) is 6.07 Å². The van der Waals surface area contributed by atoms with Crippen molar-refractivity contribution in [1.29, 1.82) is 0 Å². The van der Waals surface area contributed by atoms with Gasteiger partial charge in [-0.05, 0) is 49.5 Å². The number of carbonyl (C=O) groups excluding carboxylic acids is 1. The lowest BCUT2D eigenvalue weighted by molar-refractivity contribution is -0.150. The van der Waals surface area contributed by atoms with Crippen LogP contribution in [0.3, 0.4) is 0 Å². The van der Waals surface area contributed by atoms with Crippen molar-refractivity contribution in [2.24, 2.45) is 5.41 Å². The van der Waals surface area contributed by atoms with Crippen LogP contribution in [0.25, 0.3) is 0 Å². The van der Waals surface area contributed by atoms with E-state index >= 15 is 0 Å². The molecule has 7 heteroatoms. The Morgan fingerprint density at radius 2 is 2.04 bits per heavy atom. The first kappa shape index (κ1) is 18.2. The quantitative estimate of drug-likeness (QED) is 0.905. The zero-order valence-corrected chi connectivity index (χ0v) is 14.3. The van der Waals surface area contributed by atoms with Gasteiger partial charge in [-0.15, -0.1) is 0 Å². The molecule has 0 saturated carbocycles. The van der Waals surface area contributed by atoms with Gasteiger partial charge in [-0.25, -0.2) is 0 Å². The molecular weight excluding hydrogens is 333 g/mol. The summed E-state index contributed by atoms with van der Waals surface area (Å²) in [5.41, 5.74) is -0.348. The predicted molar refractivity (Wildman–Crippen MR) is 87.0 cm³/mol. The number of carbonyl (C=O) groups is 1. The van der Waals surface area contributed by atoms with E-state index in [4.69, 9.17) is 4.74 Å². The molecule has 0 radical (unpaired) electrons. The van der Waals surface area contributed by atoms with Crippen LogP contribution in [0.5, 0.6) is 0 Å². The molecule has 1 aromatic rings. The minimum absolute atomic E-state index is 0.0166. The molecule has 0 atom stereocenters. The maximum atomic E-state index is 13.3.